The van der Waals surface area contributed by atoms with Crippen LogP contribution in [0.3, 0.4) is 0 Å². The monoisotopic (exact) mass is 156 g/mol. The maximum atomic E-state index is 11.0. The summed E-state index contributed by atoms with van der Waals surface area (Å²) < 4.78 is 0. The van der Waals surface area contributed by atoms with Crippen LogP contribution in [0.4, 0.5) is 0 Å². The van der Waals surface area contributed by atoms with Gasteiger partial charge in [0.2, 0.25) is 5.91 Å². The van der Waals surface area contributed by atoms with E-state index in [0.717, 1.165) is 0 Å². The van der Waals surface area contributed by atoms with E-state index in [1.54, 1.807) is 6.92 Å². The van der Waals surface area contributed by atoms with Crippen LogP contribution >= 0.6 is 0 Å². The Kier molecular flexibility index (Phi) is 3.82. The Morgan fingerprint density at radius 2 is 2.00 bits per heavy atom. The Morgan fingerprint density at radius 3 is 2.27 bits per heavy atom. The second kappa shape index (κ2) is 4.13. The molecule has 0 saturated carbocycles. The summed E-state index contributed by atoms with van der Waals surface area (Å²) in [5.74, 6) is -0.0915. The normalized spacial score (nSPS) is 12.8. The van der Waals surface area contributed by atoms with Crippen LogP contribution in [0.15, 0.2) is 12.2 Å². The fourth-order valence-electron chi connectivity index (χ4n) is 0.442. The molecule has 0 aromatic heterocycles. The number of hydrogen-bond donors (Lipinski definition) is 1. The van der Waals surface area contributed by atoms with Gasteiger partial charge in [-0.1, -0.05) is 6.58 Å². The van der Waals surface area contributed by atoms with E-state index >= 15 is 0 Å². The highest BCUT2D eigenvalue weighted by atomic mass is 16.1. The zero-order chi connectivity index (χ0) is 9.02. The largest absolute Gasteiger partial charge is 0.337 e. The molecule has 64 valence electrons. The van der Waals surface area contributed by atoms with Gasteiger partial charge in [0.1, 0.15) is 0 Å². The van der Waals surface area contributed by atoms with E-state index in [4.69, 9.17) is 0 Å². The zero-order valence-electron chi connectivity index (χ0n) is 7.64. The summed E-state index contributed by atoms with van der Waals surface area (Å²) >= 11 is 0. The summed E-state index contributed by atoms with van der Waals surface area (Å²) in [7, 11) is 3.81. The highest BCUT2D eigenvalue weighted by Gasteiger charge is 2.07. The van der Waals surface area contributed by atoms with Crippen molar-refractivity contribution in [1.29, 1.82) is 0 Å². The fraction of sp³-hybridized carbons (Fsp3) is 0.625. The van der Waals surface area contributed by atoms with Gasteiger partial charge < -0.3 is 5.32 Å². The standard InChI is InChI=1S/C8H16N2O/c1-6(2)8(11)9-7(3)10(4)5/h7H,1H2,2-5H3,(H,9,11). The van der Waals surface area contributed by atoms with Gasteiger partial charge in [-0.3, -0.25) is 9.69 Å². The van der Waals surface area contributed by atoms with Crippen LogP contribution in [-0.4, -0.2) is 31.1 Å². The molecule has 0 aliphatic heterocycles. The molecular formula is C8H16N2O. The molecule has 0 radical (unpaired) electrons. The molecule has 3 nitrogen and oxygen atoms in total. The van der Waals surface area contributed by atoms with Gasteiger partial charge in [-0.2, -0.15) is 0 Å². The van der Waals surface area contributed by atoms with Crippen LogP contribution in [0, 0.1) is 0 Å². The van der Waals surface area contributed by atoms with E-state index in [9.17, 15) is 4.79 Å². The fourth-order valence-corrected chi connectivity index (χ4v) is 0.442. The summed E-state index contributed by atoms with van der Waals surface area (Å²) in [5.41, 5.74) is 0.540. The Balaban J connectivity index is 3.85. The number of amides is 1. The number of nitrogens with zero attached hydrogens (tertiary/aromatic N) is 1. The molecule has 0 aromatic carbocycles. The molecule has 3 heteroatoms. The molecule has 0 rings (SSSR count). The van der Waals surface area contributed by atoms with Crippen molar-refractivity contribution in [3.8, 4) is 0 Å². The number of hydrogen-bond acceptors (Lipinski definition) is 2. The summed E-state index contributed by atoms with van der Waals surface area (Å²) in [6.07, 6.45) is 0.0548. The molecule has 0 saturated heterocycles. The first-order chi connectivity index (χ1) is 4.95. The first kappa shape index (κ1) is 10.2. The van der Waals surface area contributed by atoms with Crippen LogP contribution in [0.25, 0.3) is 0 Å². The van der Waals surface area contributed by atoms with Crippen molar-refractivity contribution in [2.75, 3.05) is 14.1 Å². The predicted octanol–water partition coefficient (Wildman–Crippen LogP) is 0.586. The van der Waals surface area contributed by atoms with Gasteiger partial charge in [0.05, 0.1) is 6.17 Å². The summed E-state index contributed by atoms with van der Waals surface area (Å²) in [4.78, 5) is 12.9. The lowest BCUT2D eigenvalue weighted by Gasteiger charge is -2.20. The van der Waals surface area contributed by atoms with Crippen molar-refractivity contribution < 1.29 is 4.79 Å². The van der Waals surface area contributed by atoms with E-state index in [-0.39, 0.29) is 12.1 Å². The summed E-state index contributed by atoms with van der Waals surface area (Å²) in [5, 5.41) is 2.77. The molecular weight excluding hydrogens is 140 g/mol. The average Bonchev–Trinajstić information content (AvgIpc) is 1.87. The predicted molar refractivity (Wildman–Crippen MR) is 46.1 cm³/mol. The lowest BCUT2D eigenvalue weighted by Crippen LogP contribution is -2.42. The Bertz CT molecular complexity index is 163. The minimum absolute atomic E-state index is 0.0548. The van der Waals surface area contributed by atoms with Gasteiger partial charge >= 0.3 is 0 Å². The number of carbonyl (C=O) groups excluding carboxylic acids is 1. The van der Waals surface area contributed by atoms with E-state index < -0.39 is 0 Å². The van der Waals surface area contributed by atoms with Gasteiger partial charge in [-0.25, -0.2) is 0 Å². The topological polar surface area (TPSA) is 32.3 Å². The number of carbonyl (C=O) groups is 1. The summed E-state index contributed by atoms with van der Waals surface area (Å²) in [6, 6.07) is 0. The van der Waals surface area contributed by atoms with Crippen LogP contribution in [-0.2, 0) is 4.79 Å². The van der Waals surface area contributed by atoms with Crippen LogP contribution in [0.5, 0.6) is 0 Å². The first-order valence-electron chi connectivity index (χ1n) is 3.58. The van der Waals surface area contributed by atoms with E-state index in [2.05, 4.69) is 11.9 Å². The van der Waals surface area contributed by atoms with Crippen molar-refractivity contribution in [3.63, 3.8) is 0 Å². The van der Waals surface area contributed by atoms with Crippen LogP contribution in [0.2, 0.25) is 0 Å². The van der Waals surface area contributed by atoms with E-state index in [0.29, 0.717) is 5.57 Å². The summed E-state index contributed by atoms with van der Waals surface area (Å²) in [6.45, 7) is 7.15. The van der Waals surface area contributed by atoms with Gasteiger partial charge in [0.25, 0.3) is 0 Å². The molecule has 1 atom stereocenters. The molecule has 0 aromatic rings. The molecule has 1 amide bonds. The molecule has 0 aliphatic rings. The average molecular weight is 156 g/mol. The third-order valence-electron chi connectivity index (χ3n) is 1.50. The van der Waals surface area contributed by atoms with E-state index in [1.807, 2.05) is 25.9 Å². The van der Waals surface area contributed by atoms with Crippen LogP contribution < -0.4 is 5.32 Å². The SMILES string of the molecule is C=C(C)C(=O)NC(C)N(C)C. The quantitative estimate of drug-likeness (QED) is 0.479. The van der Waals surface area contributed by atoms with Gasteiger partial charge in [0.15, 0.2) is 0 Å². The number of nitrogens with one attached hydrogen (secondary N) is 1. The van der Waals surface area contributed by atoms with Gasteiger partial charge in [-0.15, -0.1) is 0 Å². The minimum atomic E-state index is -0.0915. The Morgan fingerprint density at radius 1 is 1.55 bits per heavy atom. The van der Waals surface area contributed by atoms with E-state index in [1.165, 1.54) is 0 Å². The first-order valence-corrected chi connectivity index (χ1v) is 3.58. The lowest BCUT2D eigenvalue weighted by atomic mass is 10.3. The lowest BCUT2D eigenvalue weighted by molar-refractivity contribution is -0.118. The molecule has 11 heavy (non-hydrogen) atoms. The molecule has 0 fully saturated rings. The van der Waals surface area contributed by atoms with Crippen molar-refractivity contribution in [2.45, 2.75) is 20.0 Å². The Labute approximate surface area is 68.1 Å². The maximum Gasteiger partial charge on any atom is 0.247 e. The highest BCUT2D eigenvalue weighted by Crippen LogP contribution is 1.90. The van der Waals surface area contributed by atoms with Crippen molar-refractivity contribution in [2.24, 2.45) is 0 Å². The van der Waals surface area contributed by atoms with Crippen molar-refractivity contribution in [1.82, 2.24) is 10.2 Å². The number of rotatable bonds is 3. The van der Waals surface area contributed by atoms with Crippen LogP contribution in [0.1, 0.15) is 13.8 Å². The molecule has 0 spiro atoms. The molecule has 0 aliphatic carbocycles. The maximum absolute atomic E-state index is 11.0. The third kappa shape index (κ3) is 3.78. The third-order valence-corrected chi connectivity index (χ3v) is 1.50. The second-order valence-corrected chi connectivity index (χ2v) is 2.89. The zero-order valence-corrected chi connectivity index (χ0v) is 7.64. The van der Waals surface area contributed by atoms with Crippen molar-refractivity contribution in [3.05, 3.63) is 12.2 Å². The smallest absolute Gasteiger partial charge is 0.247 e. The van der Waals surface area contributed by atoms with Crippen molar-refractivity contribution >= 4 is 5.91 Å². The molecule has 0 heterocycles. The molecule has 1 N–H and O–H groups in total. The van der Waals surface area contributed by atoms with Gasteiger partial charge in [-0.05, 0) is 27.9 Å². The minimum Gasteiger partial charge on any atom is -0.337 e. The Hall–Kier alpha value is -0.830. The van der Waals surface area contributed by atoms with Gasteiger partial charge in [0, 0.05) is 5.57 Å². The molecule has 0 bridgehead atoms. The second-order valence-electron chi connectivity index (χ2n) is 2.89. The molecule has 1 unspecified atom stereocenters. The highest BCUT2D eigenvalue weighted by molar-refractivity contribution is 5.92.